The lowest BCUT2D eigenvalue weighted by Crippen LogP contribution is -2.17. The lowest BCUT2D eigenvalue weighted by molar-refractivity contribution is -0.143. The summed E-state index contributed by atoms with van der Waals surface area (Å²) in [6.45, 7) is 3.85. The van der Waals surface area contributed by atoms with Crippen molar-refractivity contribution in [3.05, 3.63) is 35.9 Å². The van der Waals surface area contributed by atoms with Gasteiger partial charge < -0.3 is 4.74 Å². The van der Waals surface area contributed by atoms with Crippen molar-refractivity contribution in [3.8, 4) is 0 Å². The molecule has 0 aliphatic rings. The fraction of sp³-hybridized carbons (Fsp3) is 0.385. The summed E-state index contributed by atoms with van der Waals surface area (Å²) in [5.41, 5.74) is 0.638. The first-order valence-electron chi connectivity index (χ1n) is 5.40. The van der Waals surface area contributed by atoms with Crippen LogP contribution in [0.25, 0.3) is 0 Å². The second kappa shape index (κ2) is 6.05. The fourth-order valence-electron chi connectivity index (χ4n) is 1.45. The molecule has 1 unspecified atom stereocenters. The topological polar surface area (TPSA) is 43.4 Å². The van der Waals surface area contributed by atoms with E-state index < -0.39 is 0 Å². The van der Waals surface area contributed by atoms with Gasteiger partial charge in [-0.3, -0.25) is 9.59 Å². The van der Waals surface area contributed by atoms with Crippen LogP contribution in [0.1, 0.15) is 30.6 Å². The molecule has 0 aliphatic heterocycles. The summed E-state index contributed by atoms with van der Waals surface area (Å²) in [4.78, 5) is 23.1. The number of ketones is 1. The van der Waals surface area contributed by atoms with Gasteiger partial charge in [0, 0.05) is 11.5 Å². The maximum Gasteiger partial charge on any atom is 0.306 e. The Kier molecular flexibility index (Phi) is 4.70. The number of hydrogen-bond acceptors (Lipinski definition) is 3. The lowest BCUT2D eigenvalue weighted by atomic mass is 9.97. The molecule has 1 aromatic rings. The van der Waals surface area contributed by atoms with E-state index in [1.54, 1.807) is 26.0 Å². The number of esters is 1. The first kappa shape index (κ1) is 12.4. The molecule has 0 N–H and O–H groups in total. The number of rotatable bonds is 5. The molecule has 86 valence electrons. The Balaban J connectivity index is 2.58. The van der Waals surface area contributed by atoms with E-state index in [4.69, 9.17) is 4.74 Å². The number of carbonyl (C=O) groups is 2. The molecule has 0 bridgehead atoms. The van der Waals surface area contributed by atoms with Crippen molar-refractivity contribution in [1.29, 1.82) is 0 Å². The summed E-state index contributed by atoms with van der Waals surface area (Å²) in [7, 11) is 0. The Bertz CT molecular complexity index is 357. The normalized spacial score (nSPS) is 11.9. The molecule has 1 rings (SSSR count). The van der Waals surface area contributed by atoms with E-state index in [0.717, 1.165) is 0 Å². The van der Waals surface area contributed by atoms with Crippen LogP contribution in [0, 0.1) is 5.92 Å². The Morgan fingerprint density at radius 3 is 2.44 bits per heavy atom. The first-order valence-corrected chi connectivity index (χ1v) is 5.40. The van der Waals surface area contributed by atoms with E-state index in [9.17, 15) is 9.59 Å². The average Bonchev–Trinajstić information content (AvgIpc) is 2.29. The summed E-state index contributed by atoms with van der Waals surface area (Å²) in [5, 5.41) is 0. The average molecular weight is 220 g/mol. The summed E-state index contributed by atoms with van der Waals surface area (Å²) >= 11 is 0. The smallest absolute Gasteiger partial charge is 0.306 e. The Hall–Kier alpha value is -1.64. The number of ether oxygens (including phenoxy) is 1. The SMILES string of the molecule is CCOC(=O)CC(C)C(=O)c1ccccc1. The van der Waals surface area contributed by atoms with Gasteiger partial charge in [0.25, 0.3) is 0 Å². The van der Waals surface area contributed by atoms with Crippen LogP contribution in [0.4, 0.5) is 0 Å². The van der Waals surface area contributed by atoms with Gasteiger partial charge in [0.05, 0.1) is 13.0 Å². The van der Waals surface area contributed by atoms with Crippen LogP contribution in [0.2, 0.25) is 0 Å². The highest BCUT2D eigenvalue weighted by Gasteiger charge is 2.18. The minimum Gasteiger partial charge on any atom is -0.466 e. The third kappa shape index (κ3) is 3.50. The molecule has 16 heavy (non-hydrogen) atoms. The van der Waals surface area contributed by atoms with Crippen molar-refractivity contribution in [2.45, 2.75) is 20.3 Å². The van der Waals surface area contributed by atoms with Crippen molar-refractivity contribution in [2.75, 3.05) is 6.61 Å². The van der Waals surface area contributed by atoms with E-state index in [1.807, 2.05) is 18.2 Å². The molecule has 0 heterocycles. The number of carbonyl (C=O) groups excluding carboxylic acids is 2. The largest absolute Gasteiger partial charge is 0.466 e. The zero-order chi connectivity index (χ0) is 12.0. The highest BCUT2D eigenvalue weighted by molar-refractivity contribution is 5.99. The quantitative estimate of drug-likeness (QED) is 0.565. The Morgan fingerprint density at radius 2 is 1.88 bits per heavy atom. The summed E-state index contributed by atoms with van der Waals surface area (Å²) in [5.74, 6) is -0.672. The van der Waals surface area contributed by atoms with Gasteiger partial charge in [0.15, 0.2) is 5.78 Å². The predicted octanol–water partition coefficient (Wildman–Crippen LogP) is 2.46. The number of Topliss-reactive ketones (excluding diaryl/α,β-unsaturated/α-hetero) is 1. The molecule has 0 spiro atoms. The minimum absolute atomic E-state index is 0.0198. The third-order valence-corrected chi connectivity index (χ3v) is 2.28. The van der Waals surface area contributed by atoms with Crippen LogP contribution in [0.3, 0.4) is 0 Å². The fourth-order valence-corrected chi connectivity index (χ4v) is 1.45. The highest BCUT2D eigenvalue weighted by atomic mass is 16.5. The maximum absolute atomic E-state index is 11.9. The van der Waals surface area contributed by atoms with Crippen LogP contribution in [-0.2, 0) is 9.53 Å². The van der Waals surface area contributed by atoms with Crippen LogP contribution in [0.15, 0.2) is 30.3 Å². The molecule has 0 saturated heterocycles. The molecule has 3 nitrogen and oxygen atoms in total. The summed E-state index contributed by atoms with van der Waals surface area (Å²) in [6, 6.07) is 8.98. The number of hydrogen-bond donors (Lipinski definition) is 0. The molecule has 0 amide bonds. The standard InChI is InChI=1S/C13H16O3/c1-3-16-12(14)9-10(2)13(15)11-7-5-4-6-8-11/h4-8,10H,3,9H2,1-2H3. The van der Waals surface area contributed by atoms with Crippen molar-refractivity contribution in [3.63, 3.8) is 0 Å². The Morgan fingerprint density at radius 1 is 1.25 bits per heavy atom. The molecule has 0 aliphatic carbocycles. The summed E-state index contributed by atoms with van der Waals surface area (Å²) in [6.07, 6.45) is 0.140. The number of benzene rings is 1. The van der Waals surface area contributed by atoms with Crippen molar-refractivity contribution >= 4 is 11.8 Å². The lowest BCUT2D eigenvalue weighted by Gasteiger charge is -2.09. The molecule has 0 radical (unpaired) electrons. The van der Waals surface area contributed by atoms with E-state index in [2.05, 4.69) is 0 Å². The molecule has 0 fully saturated rings. The van der Waals surface area contributed by atoms with Gasteiger partial charge in [-0.15, -0.1) is 0 Å². The van der Waals surface area contributed by atoms with Crippen LogP contribution < -0.4 is 0 Å². The minimum atomic E-state index is -0.332. The Labute approximate surface area is 95.4 Å². The third-order valence-electron chi connectivity index (χ3n) is 2.28. The van der Waals surface area contributed by atoms with Gasteiger partial charge in [-0.25, -0.2) is 0 Å². The van der Waals surface area contributed by atoms with E-state index in [1.165, 1.54) is 0 Å². The van der Waals surface area contributed by atoms with Crippen LogP contribution in [-0.4, -0.2) is 18.4 Å². The second-order valence-electron chi connectivity index (χ2n) is 3.64. The van der Waals surface area contributed by atoms with Gasteiger partial charge in [-0.05, 0) is 6.92 Å². The molecule has 1 aromatic carbocycles. The molecular formula is C13H16O3. The van der Waals surface area contributed by atoms with E-state index in [-0.39, 0.29) is 24.1 Å². The van der Waals surface area contributed by atoms with Gasteiger partial charge in [-0.1, -0.05) is 37.3 Å². The van der Waals surface area contributed by atoms with E-state index in [0.29, 0.717) is 12.2 Å². The van der Waals surface area contributed by atoms with Gasteiger partial charge in [0.2, 0.25) is 0 Å². The maximum atomic E-state index is 11.9. The molecule has 0 aromatic heterocycles. The van der Waals surface area contributed by atoms with Gasteiger partial charge in [0.1, 0.15) is 0 Å². The molecular weight excluding hydrogens is 204 g/mol. The van der Waals surface area contributed by atoms with E-state index >= 15 is 0 Å². The zero-order valence-corrected chi connectivity index (χ0v) is 9.60. The van der Waals surface area contributed by atoms with Crippen molar-refractivity contribution < 1.29 is 14.3 Å². The highest BCUT2D eigenvalue weighted by Crippen LogP contribution is 2.12. The van der Waals surface area contributed by atoms with Gasteiger partial charge >= 0.3 is 5.97 Å². The predicted molar refractivity (Wildman–Crippen MR) is 61.2 cm³/mol. The van der Waals surface area contributed by atoms with Crippen molar-refractivity contribution in [1.82, 2.24) is 0 Å². The van der Waals surface area contributed by atoms with Crippen LogP contribution in [0.5, 0.6) is 0 Å². The second-order valence-corrected chi connectivity index (χ2v) is 3.64. The first-order chi connectivity index (χ1) is 7.65. The summed E-state index contributed by atoms with van der Waals surface area (Å²) < 4.78 is 4.81. The van der Waals surface area contributed by atoms with Crippen LogP contribution >= 0.6 is 0 Å². The monoisotopic (exact) mass is 220 g/mol. The van der Waals surface area contributed by atoms with Crippen molar-refractivity contribution in [2.24, 2.45) is 5.92 Å². The molecule has 3 heteroatoms. The van der Waals surface area contributed by atoms with Gasteiger partial charge in [-0.2, -0.15) is 0 Å². The zero-order valence-electron chi connectivity index (χ0n) is 9.60. The molecule has 0 saturated carbocycles. The molecule has 1 atom stereocenters.